The third-order valence-corrected chi connectivity index (χ3v) is 3.88. The zero-order valence-corrected chi connectivity index (χ0v) is 13.2. The van der Waals surface area contributed by atoms with Gasteiger partial charge in [0.05, 0.1) is 6.04 Å². The summed E-state index contributed by atoms with van der Waals surface area (Å²) in [4.78, 5) is 23.5. The number of carbonyl (C=O) groups is 2. The summed E-state index contributed by atoms with van der Waals surface area (Å²) in [5, 5.41) is 9.21. The van der Waals surface area contributed by atoms with Crippen molar-refractivity contribution in [3.05, 3.63) is 0 Å². The van der Waals surface area contributed by atoms with Crippen LogP contribution in [-0.2, 0) is 9.53 Å². The minimum Gasteiger partial charge on any atom is -0.444 e. The molecule has 0 aromatic heterocycles. The molecule has 2 amide bonds. The highest BCUT2D eigenvalue weighted by Crippen LogP contribution is 2.21. The van der Waals surface area contributed by atoms with E-state index in [0.29, 0.717) is 6.04 Å². The van der Waals surface area contributed by atoms with Crippen molar-refractivity contribution < 1.29 is 14.3 Å². The van der Waals surface area contributed by atoms with E-state index in [1.807, 2.05) is 20.8 Å². The molecule has 1 saturated heterocycles. The van der Waals surface area contributed by atoms with Gasteiger partial charge in [-0.1, -0.05) is 0 Å². The molecule has 1 aliphatic heterocycles. The molecule has 120 valence electrons. The summed E-state index contributed by atoms with van der Waals surface area (Å²) in [7, 11) is 0. The molecule has 3 N–H and O–H groups in total. The number of hydrogen-bond donors (Lipinski definition) is 3. The largest absolute Gasteiger partial charge is 0.444 e. The number of nitrogens with one attached hydrogen (secondary N) is 3. The molecule has 1 aliphatic carbocycles. The highest BCUT2D eigenvalue weighted by molar-refractivity contribution is 5.82. The molecule has 0 aromatic carbocycles. The number of ether oxygens (including phenoxy) is 1. The van der Waals surface area contributed by atoms with Gasteiger partial charge < -0.3 is 20.7 Å². The Morgan fingerprint density at radius 2 is 1.95 bits per heavy atom. The van der Waals surface area contributed by atoms with Gasteiger partial charge in [0, 0.05) is 18.6 Å². The third-order valence-electron chi connectivity index (χ3n) is 3.88. The first-order valence-corrected chi connectivity index (χ1v) is 7.87. The molecule has 1 heterocycles. The predicted molar refractivity (Wildman–Crippen MR) is 80.0 cm³/mol. The van der Waals surface area contributed by atoms with Gasteiger partial charge >= 0.3 is 6.09 Å². The Balaban J connectivity index is 1.73. The highest BCUT2D eigenvalue weighted by atomic mass is 16.6. The number of alkyl carbamates (subject to hydrolysis) is 1. The molecule has 0 bridgehead atoms. The van der Waals surface area contributed by atoms with Crippen LogP contribution in [0.4, 0.5) is 4.79 Å². The number of rotatable bonds is 3. The van der Waals surface area contributed by atoms with Crippen LogP contribution in [-0.4, -0.2) is 42.3 Å². The van der Waals surface area contributed by atoms with Gasteiger partial charge in [-0.05, 0) is 52.9 Å². The highest BCUT2D eigenvalue weighted by Gasteiger charge is 2.31. The molecule has 0 spiro atoms. The molecule has 0 radical (unpaired) electrons. The second-order valence-corrected chi connectivity index (χ2v) is 7.01. The maximum Gasteiger partial charge on any atom is 0.407 e. The van der Waals surface area contributed by atoms with Crippen LogP contribution >= 0.6 is 0 Å². The first-order chi connectivity index (χ1) is 9.83. The summed E-state index contributed by atoms with van der Waals surface area (Å²) in [6.07, 6.45) is 4.31. The Hall–Kier alpha value is -1.30. The monoisotopic (exact) mass is 297 g/mol. The van der Waals surface area contributed by atoms with Gasteiger partial charge in [-0.3, -0.25) is 4.79 Å². The second-order valence-electron chi connectivity index (χ2n) is 7.01. The quantitative estimate of drug-likeness (QED) is 0.733. The van der Waals surface area contributed by atoms with E-state index in [1.54, 1.807) is 0 Å². The summed E-state index contributed by atoms with van der Waals surface area (Å²) in [6.45, 7) is 6.35. The Bertz CT molecular complexity index is 392. The van der Waals surface area contributed by atoms with E-state index in [4.69, 9.17) is 4.74 Å². The first-order valence-electron chi connectivity index (χ1n) is 7.87. The Morgan fingerprint density at radius 3 is 2.62 bits per heavy atom. The summed E-state index contributed by atoms with van der Waals surface area (Å²) in [5.74, 6) is 0.102. The molecule has 2 aliphatic rings. The van der Waals surface area contributed by atoms with E-state index in [1.165, 1.54) is 0 Å². The minimum atomic E-state index is -0.472. The lowest BCUT2D eigenvalue weighted by Gasteiger charge is -2.26. The van der Waals surface area contributed by atoms with Crippen molar-refractivity contribution in [1.82, 2.24) is 16.0 Å². The fourth-order valence-electron chi connectivity index (χ4n) is 2.95. The van der Waals surface area contributed by atoms with E-state index >= 15 is 0 Å². The Labute approximate surface area is 126 Å². The van der Waals surface area contributed by atoms with Crippen LogP contribution in [0.15, 0.2) is 0 Å². The maximum absolute atomic E-state index is 11.7. The van der Waals surface area contributed by atoms with Gasteiger partial charge in [0.2, 0.25) is 5.91 Å². The summed E-state index contributed by atoms with van der Waals surface area (Å²) < 4.78 is 5.27. The first kappa shape index (κ1) is 16.1. The lowest BCUT2D eigenvalue weighted by Crippen LogP contribution is -2.51. The predicted octanol–water partition coefficient (Wildman–Crippen LogP) is 1.30. The van der Waals surface area contributed by atoms with E-state index in [2.05, 4.69) is 16.0 Å². The van der Waals surface area contributed by atoms with Crippen LogP contribution in [0.25, 0.3) is 0 Å². The molecule has 6 heteroatoms. The molecule has 1 saturated carbocycles. The van der Waals surface area contributed by atoms with Gasteiger partial charge in [0.25, 0.3) is 0 Å². The van der Waals surface area contributed by atoms with Crippen molar-refractivity contribution in [3.63, 3.8) is 0 Å². The average Bonchev–Trinajstić information content (AvgIpc) is 2.77. The molecule has 0 aromatic rings. The molecular weight excluding hydrogens is 270 g/mol. The standard InChI is InChI=1S/C15H27N3O3/c1-15(2,3)21-14(20)18-11-7-6-10(9-11)17-12-5-4-8-16-13(12)19/h10-12,17H,4-9H2,1-3H3,(H,16,19)(H,18,20). The SMILES string of the molecule is CC(C)(C)OC(=O)NC1CCC(NC2CCCNC2=O)C1. The lowest BCUT2D eigenvalue weighted by molar-refractivity contribution is -0.124. The van der Waals surface area contributed by atoms with E-state index in [-0.39, 0.29) is 24.1 Å². The van der Waals surface area contributed by atoms with E-state index < -0.39 is 5.60 Å². The molecule has 3 unspecified atom stereocenters. The number of carbonyl (C=O) groups excluding carboxylic acids is 2. The number of hydrogen-bond acceptors (Lipinski definition) is 4. The molecule has 2 fully saturated rings. The van der Waals surface area contributed by atoms with Crippen molar-refractivity contribution in [2.75, 3.05) is 6.54 Å². The summed E-state index contributed by atoms with van der Waals surface area (Å²) in [6, 6.07) is 0.340. The minimum absolute atomic E-state index is 0.0796. The number of piperidine rings is 1. The topological polar surface area (TPSA) is 79.5 Å². The van der Waals surface area contributed by atoms with Crippen LogP contribution in [0.1, 0.15) is 52.9 Å². The van der Waals surface area contributed by atoms with Crippen molar-refractivity contribution in [2.45, 2.75) is 76.6 Å². The van der Waals surface area contributed by atoms with Crippen LogP contribution in [0.2, 0.25) is 0 Å². The molecular formula is C15H27N3O3. The van der Waals surface area contributed by atoms with E-state index in [0.717, 1.165) is 38.6 Å². The van der Waals surface area contributed by atoms with Crippen molar-refractivity contribution >= 4 is 12.0 Å². The van der Waals surface area contributed by atoms with Crippen LogP contribution in [0.3, 0.4) is 0 Å². The fourth-order valence-corrected chi connectivity index (χ4v) is 2.95. The van der Waals surface area contributed by atoms with Gasteiger partial charge in [-0.25, -0.2) is 4.79 Å². The van der Waals surface area contributed by atoms with Crippen LogP contribution in [0, 0.1) is 0 Å². The van der Waals surface area contributed by atoms with Crippen molar-refractivity contribution in [1.29, 1.82) is 0 Å². The molecule has 6 nitrogen and oxygen atoms in total. The second kappa shape index (κ2) is 6.64. The number of amides is 2. The zero-order chi connectivity index (χ0) is 15.5. The fraction of sp³-hybridized carbons (Fsp3) is 0.867. The molecule has 3 atom stereocenters. The van der Waals surface area contributed by atoms with Crippen molar-refractivity contribution in [2.24, 2.45) is 0 Å². The van der Waals surface area contributed by atoms with Gasteiger partial charge in [-0.2, -0.15) is 0 Å². The van der Waals surface area contributed by atoms with Crippen LogP contribution < -0.4 is 16.0 Å². The summed E-state index contributed by atoms with van der Waals surface area (Å²) in [5.41, 5.74) is -0.472. The zero-order valence-electron chi connectivity index (χ0n) is 13.2. The average molecular weight is 297 g/mol. The van der Waals surface area contributed by atoms with Gasteiger partial charge in [-0.15, -0.1) is 0 Å². The Kier molecular flexibility index (Phi) is 5.08. The van der Waals surface area contributed by atoms with Gasteiger partial charge in [0.15, 0.2) is 0 Å². The third kappa shape index (κ3) is 5.19. The Morgan fingerprint density at radius 1 is 1.24 bits per heavy atom. The van der Waals surface area contributed by atoms with E-state index in [9.17, 15) is 9.59 Å². The molecule has 21 heavy (non-hydrogen) atoms. The molecule has 2 rings (SSSR count). The smallest absolute Gasteiger partial charge is 0.407 e. The van der Waals surface area contributed by atoms with Crippen LogP contribution in [0.5, 0.6) is 0 Å². The normalized spacial score (nSPS) is 29.9. The van der Waals surface area contributed by atoms with Crippen molar-refractivity contribution in [3.8, 4) is 0 Å². The summed E-state index contributed by atoms with van der Waals surface area (Å²) >= 11 is 0. The lowest BCUT2D eigenvalue weighted by atomic mass is 10.1. The van der Waals surface area contributed by atoms with Gasteiger partial charge in [0.1, 0.15) is 5.60 Å². The maximum atomic E-state index is 11.7.